The van der Waals surface area contributed by atoms with Crippen LogP contribution in [0.25, 0.3) is 0 Å². The lowest BCUT2D eigenvalue weighted by Gasteiger charge is -2.12. The van der Waals surface area contributed by atoms with Gasteiger partial charge in [-0.2, -0.15) is 0 Å². The number of carbonyl (C=O) groups is 1. The van der Waals surface area contributed by atoms with Crippen LogP contribution in [0.1, 0.15) is 11.1 Å². The van der Waals surface area contributed by atoms with Crippen molar-refractivity contribution >= 4 is 23.4 Å². The lowest BCUT2D eigenvalue weighted by Crippen LogP contribution is -2.14. The van der Waals surface area contributed by atoms with E-state index in [1.165, 1.54) is 22.9 Å². The molecule has 0 saturated heterocycles. The minimum Gasteiger partial charge on any atom is -0.497 e. The summed E-state index contributed by atoms with van der Waals surface area (Å²) in [6.07, 6.45) is 0. The van der Waals surface area contributed by atoms with Gasteiger partial charge in [-0.05, 0) is 37.6 Å². The first-order valence-electron chi connectivity index (χ1n) is 7.25. The first kappa shape index (κ1) is 17.2. The molecule has 0 aromatic heterocycles. The number of benzene rings is 2. The molecule has 0 aliphatic heterocycles. The predicted molar refractivity (Wildman–Crippen MR) is 94.8 cm³/mol. The Morgan fingerprint density at radius 2 is 1.87 bits per heavy atom. The second-order valence-corrected chi connectivity index (χ2v) is 6.19. The molecular formula is C18H21NO3S. The lowest BCUT2D eigenvalue weighted by molar-refractivity contribution is -0.113. The molecule has 122 valence electrons. The van der Waals surface area contributed by atoms with E-state index >= 15 is 0 Å². The number of methoxy groups -OCH3 is 2. The van der Waals surface area contributed by atoms with E-state index in [9.17, 15) is 4.79 Å². The van der Waals surface area contributed by atoms with Crippen LogP contribution in [-0.2, 0) is 4.79 Å². The number of thioether (sulfide) groups is 1. The van der Waals surface area contributed by atoms with E-state index in [4.69, 9.17) is 9.47 Å². The molecule has 0 radical (unpaired) electrons. The Bertz CT molecular complexity index is 701. The van der Waals surface area contributed by atoms with Crippen molar-refractivity contribution in [1.29, 1.82) is 0 Å². The molecule has 2 aromatic carbocycles. The zero-order valence-corrected chi connectivity index (χ0v) is 14.6. The molecule has 0 saturated carbocycles. The quantitative estimate of drug-likeness (QED) is 0.811. The molecule has 2 aromatic rings. The third-order valence-corrected chi connectivity index (χ3v) is 4.54. The van der Waals surface area contributed by atoms with E-state index in [1.54, 1.807) is 32.4 Å². The number of aryl methyl sites for hydroxylation is 2. The summed E-state index contributed by atoms with van der Waals surface area (Å²) in [4.78, 5) is 13.3. The highest BCUT2D eigenvalue weighted by atomic mass is 32.2. The molecule has 2 rings (SSSR count). The number of nitrogens with one attached hydrogen (secondary N) is 1. The number of anilines is 1. The number of carbonyl (C=O) groups excluding carboxylic acids is 1. The maximum absolute atomic E-state index is 12.2. The maximum Gasteiger partial charge on any atom is 0.234 e. The number of amides is 1. The second kappa shape index (κ2) is 7.92. The Morgan fingerprint density at radius 1 is 1.09 bits per heavy atom. The number of hydrogen-bond donors (Lipinski definition) is 1. The van der Waals surface area contributed by atoms with Crippen molar-refractivity contribution in [3.05, 3.63) is 47.5 Å². The van der Waals surface area contributed by atoms with Gasteiger partial charge in [-0.25, -0.2) is 0 Å². The van der Waals surface area contributed by atoms with E-state index in [1.807, 2.05) is 13.8 Å². The Labute approximate surface area is 141 Å². The molecule has 0 heterocycles. The van der Waals surface area contributed by atoms with Gasteiger partial charge in [0.1, 0.15) is 11.5 Å². The zero-order valence-electron chi connectivity index (χ0n) is 13.8. The van der Waals surface area contributed by atoms with Crippen LogP contribution in [0.3, 0.4) is 0 Å². The van der Waals surface area contributed by atoms with Gasteiger partial charge in [-0.3, -0.25) is 4.79 Å². The topological polar surface area (TPSA) is 47.6 Å². The summed E-state index contributed by atoms with van der Waals surface area (Å²) in [5, 5.41) is 2.88. The van der Waals surface area contributed by atoms with Gasteiger partial charge in [0.25, 0.3) is 0 Å². The number of ether oxygens (including phenoxy) is 2. The van der Waals surface area contributed by atoms with Gasteiger partial charge in [0.2, 0.25) is 5.91 Å². The molecule has 1 N–H and O–H groups in total. The van der Waals surface area contributed by atoms with Gasteiger partial charge >= 0.3 is 0 Å². The highest BCUT2D eigenvalue weighted by Crippen LogP contribution is 2.29. The van der Waals surface area contributed by atoms with Crippen molar-refractivity contribution in [3.63, 3.8) is 0 Å². The zero-order chi connectivity index (χ0) is 16.8. The normalized spacial score (nSPS) is 10.3. The summed E-state index contributed by atoms with van der Waals surface area (Å²) < 4.78 is 10.4. The highest BCUT2D eigenvalue weighted by molar-refractivity contribution is 8.00. The van der Waals surface area contributed by atoms with E-state index in [0.29, 0.717) is 22.9 Å². The molecule has 0 aliphatic carbocycles. The van der Waals surface area contributed by atoms with E-state index in [-0.39, 0.29) is 5.91 Å². The van der Waals surface area contributed by atoms with Gasteiger partial charge < -0.3 is 14.8 Å². The molecule has 1 amide bonds. The predicted octanol–water partition coefficient (Wildman–Crippen LogP) is 4.05. The molecule has 0 aliphatic rings. The molecule has 0 unspecified atom stereocenters. The molecule has 5 heteroatoms. The van der Waals surface area contributed by atoms with Gasteiger partial charge in [-0.15, -0.1) is 11.8 Å². The van der Waals surface area contributed by atoms with Crippen molar-refractivity contribution in [2.75, 3.05) is 25.3 Å². The molecule has 0 spiro atoms. The molecule has 0 atom stereocenters. The van der Waals surface area contributed by atoms with Crippen molar-refractivity contribution in [2.45, 2.75) is 18.7 Å². The van der Waals surface area contributed by atoms with Crippen LogP contribution in [-0.4, -0.2) is 25.9 Å². The van der Waals surface area contributed by atoms with E-state index in [0.717, 1.165) is 4.90 Å². The Morgan fingerprint density at radius 3 is 2.57 bits per heavy atom. The molecule has 0 bridgehead atoms. The summed E-state index contributed by atoms with van der Waals surface area (Å²) in [6.45, 7) is 4.10. The van der Waals surface area contributed by atoms with Crippen molar-refractivity contribution < 1.29 is 14.3 Å². The van der Waals surface area contributed by atoms with Crippen LogP contribution in [0.2, 0.25) is 0 Å². The van der Waals surface area contributed by atoms with Crippen molar-refractivity contribution in [1.82, 2.24) is 0 Å². The minimum atomic E-state index is -0.0700. The average molecular weight is 331 g/mol. The average Bonchev–Trinajstić information content (AvgIpc) is 2.56. The Kier molecular flexibility index (Phi) is 5.93. The standard InChI is InChI=1S/C18H21NO3S/c1-12-5-6-13(2)17(9-12)23-11-18(20)19-15-8-7-14(21-3)10-16(15)22-4/h5-10H,11H2,1-4H3,(H,19,20). The van der Waals surface area contributed by atoms with Crippen LogP contribution in [0, 0.1) is 13.8 Å². The largest absolute Gasteiger partial charge is 0.497 e. The van der Waals surface area contributed by atoms with Crippen molar-refractivity contribution in [2.24, 2.45) is 0 Å². The fourth-order valence-corrected chi connectivity index (χ4v) is 3.02. The van der Waals surface area contributed by atoms with Gasteiger partial charge in [0.05, 0.1) is 25.7 Å². The third kappa shape index (κ3) is 4.66. The smallest absolute Gasteiger partial charge is 0.234 e. The summed E-state index contributed by atoms with van der Waals surface area (Å²) in [6, 6.07) is 11.5. The molecular weight excluding hydrogens is 310 g/mol. The summed E-state index contributed by atoms with van der Waals surface area (Å²) >= 11 is 1.53. The second-order valence-electron chi connectivity index (χ2n) is 5.17. The van der Waals surface area contributed by atoms with Gasteiger partial charge in [0, 0.05) is 11.0 Å². The highest BCUT2D eigenvalue weighted by Gasteiger charge is 2.10. The van der Waals surface area contributed by atoms with Gasteiger partial charge in [0.15, 0.2) is 0 Å². The van der Waals surface area contributed by atoms with E-state index < -0.39 is 0 Å². The molecule has 0 fully saturated rings. The Hall–Kier alpha value is -2.14. The maximum atomic E-state index is 12.2. The van der Waals surface area contributed by atoms with Crippen LogP contribution in [0.5, 0.6) is 11.5 Å². The van der Waals surface area contributed by atoms with Crippen LogP contribution in [0.4, 0.5) is 5.69 Å². The van der Waals surface area contributed by atoms with Crippen LogP contribution >= 0.6 is 11.8 Å². The molecule has 4 nitrogen and oxygen atoms in total. The SMILES string of the molecule is COc1ccc(NC(=O)CSc2cc(C)ccc2C)c(OC)c1. The van der Waals surface area contributed by atoms with Gasteiger partial charge in [-0.1, -0.05) is 17.7 Å². The monoisotopic (exact) mass is 331 g/mol. The third-order valence-electron chi connectivity index (χ3n) is 3.39. The first-order valence-corrected chi connectivity index (χ1v) is 8.24. The van der Waals surface area contributed by atoms with E-state index in [2.05, 4.69) is 23.5 Å². The van der Waals surface area contributed by atoms with Crippen molar-refractivity contribution in [3.8, 4) is 11.5 Å². The lowest BCUT2D eigenvalue weighted by atomic mass is 10.2. The fourth-order valence-electron chi connectivity index (χ4n) is 2.09. The Balaban J connectivity index is 2.01. The number of hydrogen-bond acceptors (Lipinski definition) is 4. The minimum absolute atomic E-state index is 0.0700. The summed E-state index contributed by atoms with van der Waals surface area (Å²) in [5.74, 6) is 1.54. The summed E-state index contributed by atoms with van der Waals surface area (Å²) in [7, 11) is 3.16. The molecule has 23 heavy (non-hydrogen) atoms. The summed E-state index contributed by atoms with van der Waals surface area (Å²) in [5.41, 5.74) is 3.01. The number of rotatable bonds is 6. The van der Waals surface area contributed by atoms with Crippen LogP contribution in [0.15, 0.2) is 41.3 Å². The van der Waals surface area contributed by atoms with Crippen LogP contribution < -0.4 is 14.8 Å². The first-order chi connectivity index (χ1) is 11.0. The fraction of sp³-hybridized carbons (Fsp3) is 0.278.